The third-order valence-corrected chi connectivity index (χ3v) is 3.38. The summed E-state index contributed by atoms with van der Waals surface area (Å²) in [7, 11) is 1.39. The van der Waals surface area contributed by atoms with Crippen LogP contribution in [0.15, 0.2) is 36.4 Å². The van der Waals surface area contributed by atoms with Gasteiger partial charge in [0.25, 0.3) is 5.91 Å². The van der Waals surface area contributed by atoms with Crippen molar-refractivity contribution in [3.05, 3.63) is 47.5 Å². The minimum Gasteiger partial charge on any atom is -0.504 e. The molecule has 0 aromatic heterocycles. The van der Waals surface area contributed by atoms with Crippen LogP contribution in [0.3, 0.4) is 0 Å². The van der Waals surface area contributed by atoms with Gasteiger partial charge < -0.3 is 25.6 Å². The average Bonchev–Trinajstić information content (AvgIpc) is 2.50. The molecule has 0 fully saturated rings. The second-order valence-corrected chi connectivity index (χ2v) is 4.69. The second-order valence-electron chi connectivity index (χ2n) is 4.69. The zero-order valence-corrected chi connectivity index (χ0v) is 11.3. The zero-order chi connectivity index (χ0) is 15.0. The molecule has 0 unspecified atom stereocenters. The Labute approximate surface area is 121 Å². The monoisotopic (exact) mass is 286 g/mol. The number of hydrogen-bond donors (Lipinski definition) is 4. The predicted octanol–water partition coefficient (Wildman–Crippen LogP) is 1.96. The highest BCUT2D eigenvalue weighted by molar-refractivity contribution is 6.01. The van der Waals surface area contributed by atoms with Crippen LogP contribution in [0.1, 0.15) is 22.1 Å². The molecular formula is C15H14N2O4. The number of rotatable bonds is 2. The number of para-hydroxylation sites is 1. The van der Waals surface area contributed by atoms with E-state index < -0.39 is 6.17 Å². The number of amides is 1. The number of methoxy groups -OCH3 is 1. The fraction of sp³-hybridized carbons (Fsp3) is 0.133. The summed E-state index contributed by atoms with van der Waals surface area (Å²) in [5, 5.41) is 25.3. The normalized spacial score (nSPS) is 16.6. The van der Waals surface area contributed by atoms with Crippen molar-refractivity contribution in [3.63, 3.8) is 0 Å². The number of phenolic OH excluding ortho intramolecular Hbond substituents is 2. The highest BCUT2D eigenvalue weighted by Gasteiger charge is 2.25. The van der Waals surface area contributed by atoms with Gasteiger partial charge >= 0.3 is 0 Å². The summed E-state index contributed by atoms with van der Waals surface area (Å²) in [6, 6.07) is 10.1. The number of carbonyl (C=O) groups is 1. The van der Waals surface area contributed by atoms with Gasteiger partial charge in [0.05, 0.1) is 12.7 Å². The Kier molecular flexibility index (Phi) is 3.06. The van der Waals surface area contributed by atoms with Gasteiger partial charge in [-0.2, -0.15) is 0 Å². The van der Waals surface area contributed by atoms with Crippen LogP contribution in [0.4, 0.5) is 5.69 Å². The molecule has 0 saturated heterocycles. The van der Waals surface area contributed by atoms with Crippen molar-refractivity contribution in [1.82, 2.24) is 5.32 Å². The minimum absolute atomic E-state index is 0.139. The Hall–Kier alpha value is -2.89. The van der Waals surface area contributed by atoms with Gasteiger partial charge in [-0.15, -0.1) is 0 Å². The third kappa shape index (κ3) is 2.20. The molecule has 21 heavy (non-hydrogen) atoms. The number of benzene rings is 2. The number of anilines is 1. The molecule has 0 spiro atoms. The summed E-state index contributed by atoms with van der Waals surface area (Å²) in [6.45, 7) is 0. The molecule has 6 nitrogen and oxygen atoms in total. The number of ether oxygens (including phenoxy) is 1. The first-order valence-electron chi connectivity index (χ1n) is 6.36. The fourth-order valence-electron chi connectivity index (χ4n) is 2.31. The van der Waals surface area contributed by atoms with Crippen LogP contribution >= 0.6 is 0 Å². The van der Waals surface area contributed by atoms with E-state index in [1.165, 1.54) is 13.2 Å². The van der Waals surface area contributed by atoms with E-state index in [2.05, 4.69) is 10.6 Å². The van der Waals surface area contributed by atoms with E-state index in [0.717, 1.165) is 0 Å². The Morgan fingerprint density at radius 2 is 1.90 bits per heavy atom. The first-order valence-corrected chi connectivity index (χ1v) is 6.36. The smallest absolute Gasteiger partial charge is 0.255 e. The standard InChI is InChI=1S/C15H14N2O4/c1-21-12-7-8(6-11(18)13(12)19)14-16-10-5-3-2-4-9(10)15(20)17-14/h2-7,14,16,18-19H,1H3,(H,17,20)/t14-/m0/s1. The quantitative estimate of drug-likeness (QED) is 0.634. The highest BCUT2D eigenvalue weighted by Crippen LogP contribution is 2.38. The highest BCUT2D eigenvalue weighted by atomic mass is 16.5. The Bertz CT molecular complexity index is 715. The van der Waals surface area contributed by atoms with Gasteiger partial charge in [0.15, 0.2) is 11.5 Å². The van der Waals surface area contributed by atoms with Gasteiger partial charge in [-0.05, 0) is 24.3 Å². The molecule has 0 aliphatic carbocycles. The first kappa shape index (κ1) is 13.1. The van der Waals surface area contributed by atoms with Crippen LogP contribution in [0.5, 0.6) is 17.2 Å². The SMILES string of the molecule is COc1cc([C@@H]2NC(=O)c3ccccc3N2)cc(O)c1O. The molecule has 3 rings (SSSR count). The lowest BCUT2D eigenvalue weighted by Crippen LogP contribution is -2.38. The molecule has 1 heterocycles. The molecule has 2 aromatic carbocycles. The lowest BCUT2D eigenvalue weighted by molar-refractivity contribution is 0.0935. The molecule has 0 radical (unpaired) electrons. The molecule has 1 aliphatic heterocycles. The van der Waals surface area contributed by atoms with E-state index in [9.17, 15) is 15.0 Å². The fourth-order valence-corrected chi connectivity index (χ4v) is 2.31. The summed E-state index contributed by atoms with van der Waals surface area (Å²) in [5.41, 5.74) is 1.84. The van der Waals surface area contributed by atoms with Crippen LogP contribution in [0.2, 0.25) is 0 Å². The lowest BCUT2D eigenvalue weighted by Gasteiger charge is -2.28. The molecule has 1 aliphatic rings. The summed E-state index contributed by atoms with van der Waals surface area (Å²) >= 11 is 0. The Balaban J connectivity index is 2.00. The van der Waals surface area contributed by atoms with Gasteiger partial charge in [0.2, 0.25) is 5.75 Å². The Morgan fingerprint density at radius 1 is 1.14 bits per heavy atom. The molecule has 108 valence electrons. The second kappa shape index (κ2) is 4.90. The molecular weight excluding hydrogens is 272 g/mol. The molecule has 0 saturated carbocycles. The van der Waals surface area contributed by atoms with Gasteiger partial charge in [-0.3, -0.25) is 4.79 Å². The maximum absolute atomic E-state index is 12.1. The molecule has 2 aromatic rings. The van der Waals surface area contributed by atoms with Crippen molar-refractivity contribution in [3.8, 4) is 17.2 Å². The van der Waals surface area contributed by atoms with Crippen LogP contribution in [-0.2, 0) is 0 Å². The number of carbonyl (C=O) groups excluding carboxylic acids is 1. The number of phenols is 2. The van der Waals surface area contributed by atoms with E-state index in [-0.39, 0.29) is 23.2 Å². The van der Waals surface area contributed by atoms with E-state index in [1.54, 1.807) is 24.3 Å². The zero-order valence-electron chi connectivity index (χ0n) is 11.3. The lowest BCUT2D eigenvalue weighted by atomic mass is 10.0. The van der Waals surface area contributed by atoms with Crippen LogP contribution in [0, 0.1) is 0 Å². The molecule has 4 N–H and O–H groups in total. The van der Waals surface area contributed by atoms with Gasteiger partial charge in [0, 0.05) is 11.3 Å². The van der Waals surface area contributed by atoms with Crippen molar-refractivity contribution in [1.29, 1.82) is 0 Å². The van der Waals surface area contributed by atoms with Crippen molar-refractivity contribution in [2.75, 3.05) is 12.4 Å². The van der Waals surface area contributed by atoms with Crippen molar-refractivity contribution >= 4 is 11.6 Å². The van der Waals surface area contributed by atoms with E-state index in [4.69, 9.17) is 4.74 Å². The number of aromatic hydroxyl groups is 2. The first-order chi connectivity index (χ1) is 10.1. The summed E-state index contributed by atoms with van der Waals surface area (Å²) in [4.78, 5) is 12.1. The summed E-state index contributed by atoms with van der Waals surface area (Å²) in [5.74, 6) is -0.705. The van der Waals surface area contributed by atoms with Crippen molar-refractivity contribution in [2.24, 2.45) is 0 Å². The van der Waals surface area contributed by atoms with Crippen LogP contribution in [0.25, 0.3) is 0 Å². The van der Waals surface area contributed by atoms with Crippen molar-refractivity contribution < 1.29 is 19.7 Å². The molecule has 1 amide bonds. The topological polar surface area (TPSA) is 90.8 Å². The summed E-state index contributed by atoms with van der Waals surface area (Å²) in [6.07, 6.45) is -0.521. The maximum atomic E-state index is 12.1. The van der Waals surface area contributed by atoms with E-state index in [0.29, 0.717) is 16.8 Å². The average molecular weight is 286 g/mol. The number of fused-ring (bicyclic) bond motifs is 1. The van der Waals surface area contributed by atoms with Crippen LogP contribution < -0.4 is 15.4 Å². The third-order valence-electron chi connectivity index (χ3n) is 3.38. The van der Waals surface area contributed by atoms with Gasteiger partial charge in [-0.1, -0.05) is 12.1 Å². The van der Waals surface area contributed by atoms with Crippen LogP contribution in [-0.4, -0.2) is 23.2 Å². The van der Waals surface area contributed by atoms with Crippen molar-refractivity contribution in [2.45, 2.75) is 6.17 Å². The largest absolute Gasteiger partial charge is 0.504 e. The number of hydrogen-bond acceptors (Lipinski definition) is 5. The molecule has 0 bridgehead atoms. The predicted molar refractivity (Wildman–Crippen MR) is 76.6 cm³/mol. The number of nitrogens with one attached hydrogen (secondary N) is 2. The maximum Gasteiger partial charge on any atom is 0.255 e. The van der Waals surface area contributed by atoms with Gasteiger partial charge in [0.1, 0.15) is 6.17 Å². The molecule has 1 atom stereocenters. The van der Waals surface area contributed by atoms with E-state index in [1.807, 2.05) is 6.07 Å². The van der Waals surface area contributed by atoms with Gasteiger partial charge in [-0.25, -0.2) is 0 Å². The molecule has 6 heteroatoms. The summed E-state index contributed by atoms with van der Waals surface area (Å²) < 4.78 is 5.00. The van der Waals surface area contributed by atoms with E-state index >= 15 is 0 Å². The minimum atomic E-state index is -0.521. The Morgan fingerprint density at radius 3 is 2.67 bits per heavy atom.